The van der Waals surface area contributed by atoms with Gasteiger partial charge < -0.3 is 0 Å². The van der Waals surface area contributed by atoms with Crippen molar-refractivity contribution in [2.75, 3.05) is 0 Å². The molecule has 2 saturated carbocycles. The van der Waals surface area contributed by atoms with Gasteiger partial charge in [-0.15, -0.1) is 0 Å². The first-order chi connectivity index (χ1) is 20.2. The third-order valence-electron chi connectivity index (χ3n) is 9.24. The van der Waals surface area contributed by atoms with Crippen LogP contribution in [0.2, 0.25) is 0 Å². The molecule has 1 aromatic heterocycles. The second-order valence-electron chi connectivity index (χ2n) is 12.0. The zero-order chi connectivity index (χ0) is 28.3. The number of aliphatic imine (C=N–C) groups is 1. The van der Waals surface area contributed by atoms with Crippen molar-refractivity contribution in [3.8, 4) is 0 Å². The van der Waals surface area contributed by atoms with E-state index in [2.05, 4.69) is 84.4 Å². The van der Waals surface area contributed by atoms with Crippen LogP contribution in [-0.4, -0.2) is 16.5 Å². The van der Waals surface area contributed by atoms with Gasteiger partial charge in [0.25, 0.3) is 0 Å². The molecule has 2 aliphatic rings. The van der Waals surface area contributed by atoms with Crippen LogP contribution in [0.1, 0.15) is 80.0 Å². The van der Waals surface area contributed by atoms with E-state index in [1.54, 1.807) is 0 Å². The van der Waals surface area contributed by atoms with Crippen LogP contribution in [-0.2, 0) is 17.6 Å². The highest BCUT2D eigenvalue weighted by Crippen LogP contribution is 2.37. The number of nitrogens with zero attached hydrogens (tertiary/aromatic N) is 2. The van der Waals surface area contributed by atoms with E-state index in [-0.39, 0.29) is 11.8 Å². The van der Waals surface area contributed by atoms with Gasteiger partial charge in [0.15, 0.2) is 0 Å². The van der Waals surface area contributed by atoms with Crippen molar-refractivity contribution in [3.63, 3.8) is 0 Å². The second kappa shape index (κ2) is 14.9. The van der Waals surface area contributed by atoms with Crippen molar-refractivity contribution in [3.05, 3.63) is 120 Å². The molecule has 5 rings (SSSR count). The molecule has 2 aromatic carbocycles. The number of benzene rings is 2. The van der Waals surface area contributed by atoms with Gasteiger partial charge in [0, 0.05) is 36.3 Å². The van der Waals surface area contributed by atoms with E-state index in [1.165, 1.54) is 29.5 Å². The normalized spacial score (nSPS) is 23.7. The van der Waals surface area contributed by atoms with Crippen molar-refractivity contribution in [2.45, 2.75) is 70.6 Å². The summed E-state index contributed by atoms with van der Waals surface area (Å²) in [6.45, 7) is 3.91. The van der Waals surface area contributed by atoms with E-state index >= 15 is 0 Å². The Morgan fingerprint density at radius 1 is 0.780 bits per heavy atom. The molecule has 0 bridgehead atoms. The highest BCUT2D eigenvalue weighted by molar-refractivity contribution is 6.02. The summed E-state index contributed by atoms with van der Waals surface area (Å²) in [5.41, 5.74) is 6.13. The van der Waals surface area contributed by atoms with Gasteiger partial charge in [0.2, 0.25) is 0 Å². The van der Waals surface area contributed by atoms with Crippen molar-refractivity contribution >= 4 is 17.6 Å². The Morgan fingerprint density at radius 3 is 2.17 bits per heavy atom. The van der Waals surface area contributed by atoms with Gasteiger partial charge in [-0.3, -0.25) is 14.8 Å². The van der Waals surface area contributed by atoms with E-state index in [4.69, 9.17) is 4.99 Å². The highest BCUT2D eigenvalue weighted by Gasteiger charge is 2.33. The molecule has 1 heterocycles. The molecule has 2 unspecified atom stereocenters. The number of ketones is 1. The van der Waals surface area contributed by atoms with Crippen LogP contribution in [0.25, 0.3) is 6.08 Å². The number of Topliss-reactive ketones (excluding diaryl/α,β-unsaturated/α-hetero) is 1. The minimum Gasteiger partial charge on any atom is -0.299 e. The second-order valence-corrected chi connectivity index (χ2v) is 12.0. The lowest BCUT2D eigenvalue weighted by molar-refractivity contribution is -0.128. The molecule has 0 spiro atoms. The third kappa shape index (κ3) is 8.22. The fourth-order valence-corrected chi connectivity index (χ4v) is 6.84. The largest absolute Gasteiger partial charge is 0.299 e. The average Bonchev–Trinajstić information content (AvgIpc) is 3.29. The topological polar surface area (TPSA) is 42.3 Å². The summed E-state index contributed by atoms with van der Waals surface area (Å²) in [4.78, 5) is 22.9. The SMILES string of the molecule is C=Cc1ccc(C(=N/C=C\Cc2ccccc2)C2CCCC(C(=O)C3CCC(Cc4ccncc4)CC3)CC2)cc1. The number of pyridine rings is 1. The molecule has 0 aliphatic heterocycles. The predicted octanol–water partition coefficient (Wildman–Crippen LogP) is 9.08. The number of hydrogen-bond donors (Lipinski definition) is 0. The molecular weight excluding hydrogens is 500 g/mol. The first kappa shape index (κ1) is 28.9. The first-order valence-electron chi connectivity index (χ1n) is 15.6. The van der Waals surface area contributed by atoms with Gasteiger partial charge in [0.05, 0.1) is 5.71 Å². The number of rotatable bonds is 10. The van der Waals surface area contributed by atoms with Crippen molar-refractivity contribution in [2.24, 2.45) is 28.7 Å². The summed E-state index contributed by atoms with van der Waals surface area (Å²) in [5.74, 6) is 2.08. The number of aromatic nitrogens is 1. The lowest BCUT2D eigenvalue weighted by Gasteiger charge is -2.30. The van der Waals surface area contributed by atoms with Gasteiger partial charge >= 0.3 is 0 Å². The lowest BCUT2D eigenvalue weighted by Crippen LogP contribution is -2.28. The molecular formula is C38H44N2O. The quantitative estimate of drug-likeness (QED) is 0.189. The zero-order valence-corrected chi connectivity index (χ0v) is 24.3. The molecule has 2 atom stereocenters. The molecule has 0 radical (unpaired) electrons. The molecule has 3 aromatic rings. The maximum atomic E-state index is 13.7. The number of carbonyl (C=O) groups is 1. The van der Waals surface area contributed by atoms with E-state index in [1.807, 2.05) is 24.7 Å². The van der Waals surface area contributed by atoms with Gasteiger partial charge in [-0.1, -0.05) is 79.7 Å². The Hall–Kier alpha value is -3.59. The van der Waals surface area contributed by atoms with E-state index in [0.717, 1.165) is 69.1 Å². The molecule has 0 saturated heterocycles. The van der Waals surface area contributed by atoms with Crippen molar-refractivity contribution in [1.29, 1.82) is 0 Å². The summed E-state index contributed by atoms with van der Waals surface area (Å²) in [7, 11) is 0. The van der Waals surface area contributed by atoms with E-state index in [9.17, 15) is 4.79 Å². The molecule has 0 N–H and O–H groups in total. The Bertz CT molecular complexity index is 1300. The smallest absolute Gasteiger partial charge is 0.139 e. The predicted molar refractivity (Wildman–Crippen MR) is 171 cm³/mol. The molecule has 2 fully saturated rings. The minimum atomic E-state index is 0.208. The Morgan fingerprint density at radius 2 is 1.44 bits per heavy atom. The number of allylic oxidation sites excluding steroid dienone is 1. The van der Waals surface area contributed by atoms with Crippen LogP contribution in [0, 0.1) is 23.7 Å². The molecule has 41 heavy (non-hydrogen) atoms. The number of carbonyl (C=O) groups excluding carboxylic acids is 1. The summed E-state index contributed by atoms with van der Waals surface area (Å²) < 4.78 is 0. The molecule has 2 aliphatic carbocycles. The third-order valence-corrected chi connectivity index (χ3v) is 9.24. The van der Waals surface area contributed by atoms with Crippen molar-refractivity contribution < 1.29 is 4.79 Å². The van der Waals surface area contributed by atoms with Crippen LogP contribution in [0.4, 0.5) is 0 Å². The van der Waals surface area contributed by atoms with Gasteiger partial charge in [-0.25, -0.2) is 0 Å². The van der Waals surface area contributed by atoms with Crippen LogP contribution in [0.5, 0.6) is 0 Å². The van der Waals surface area contributed by atoms with Gasteiger partial charge in [-0.2, -0.15) is 0 Å². The molecule has 3 nitrogen and oxygen atoms in total. The maximum absolute atomic E-state index is 13.7. The average molecular weight is 545 g/mol. The number of hydrogen-bond acceptors (Lipinski definition) is 3. The van der Waals surface area contributed by atoms with E-state index in [0.29, 0.717) is 17.6 Å². The standard InChI is InChI=1S/C38H44N2O/c1-2-29-13-17-34(18-14-29)37(40-25-7-10-30-8-4-3-5-9-30)33-11-6-12-35(22-21-33)38(41)36-19-15-31(16-20-36)28-32-23-26-39-27-24-32/h2-5,7-9,13-14,17-18,23-27,31,33,35-36H,1,6,10-12,15-16,19-22,28H2/b25-7-,40-37?. The van der Waals surface area contributed by atoms with Gasteiger partial charge in [0.1, 0.15) is 5.78 Å². The lowest BCUT2D eigenvalue weighted by atomic mass is 9.74. The Balaban J connectivity index is 1.20. The molecule has 0 amide bonds. The summed E-state index contributed by atoms with van der Waals surface area (Å²) >= 11 is 0. The monoisotopic (exact) mass is 544 g/mol. The molecule has 212 valence electrons. The first-order valence-corrected chi connectivity index (χ1v) is 15.6. The van der Waals surface area contributed by atoms with Gasteiger partial charge in [-0.05, 0) is 105 Å². The molecule has 3 heteroatoms. The highest BCUT2D eigenvalue weighted by atomic mass is 16.1. The fourth-order valence-electron chi connectivity index (χ4n) is 6.84. The fraction of sp³-hybridized carbons (Fsp3) is 0.395. The summed E-state index contributed by atoms with van der Waals surface area (Å²) in [6, 6.07) is 23.4. The van der Waals surface area contributed by atoms with Crippen LogP contribution >= 0.6 is 0 Å². The summed E-state index contributed by atoms with van der Waals surface area (Å²) in [6.07, 6.45) is 21.5. The Kier molecular flexibility index (Phi) is 10.5. The van der Waals surface area contributed by atoms with Crippen LogP contribution in [0.3, 0.4) is 0 Å². The maximum Gasteiger partial charge on any atom is 0.139 e. The Labute approximate surface area is 246 Å². The van der Waals surface area contributed by atoms with Crippen LogP contribution < -0.4 is 0 Å². The van der Waals surface area contributed by atoms with Crippen LogP contribution in [0.15, 0.2) is 103 Å². The summed E-state index contributed by atoms with van der Waals surface area (Å²) in [5, 5.41) is 0. The van der Waals surface area contributed by atoms with E-state index < -0.39 is 0 Å². The zero-order valence-electron chi connectivity index (χ0n) is 24.3. The van der Waals surface area contributed by atoms with Crippen molar-refractivity contribution in [1.82, 2.24) is 4.98 Å². The minimum absolute atomic E-state index is 0.208.